The molecule has 0 amide bonds. The van der Waals surface area contributed by atoms with Crippen molar-refractivity contribution in [1.29, 1.82) is 0 Å². The SMILES string of the molecule is CCOC(Cc1ccc(OCCn2c(CC)nc3ccccc3c2=O)cc1)C(=O)[O-].CCOC(Cc1ccc(OCCn2c(CC)nc3ccccc3c2=O)cc1)C(=O)[O-].[Mg+2]. The molecule has 0 N–H and O–H groups in total. The Morgan fingerprint density at radius 2 is 0.934 bits per heavy atom. The van der Waals surface area contributed by atoms with Crippen LogP contribution >= 0.6 is 0 Å². The summed E-state index contributed by atoms with van der Waals surface area (Å²) in [5.41, 5.74) is 2.89. The standard InChI is InChI=1S/2C23H26N2O5.Mg/c2*1-3-21-24-19-8-6-5-7-18(19)22(26)25(21)13-14-30-17-11-9-16(10-12-17)15-20(23(27)28)29-4-2;/h2*5-12,20H,3-4,13-15H2,1-2H3,(H,27,28);/q;;+2/p-2. The van der Waals surface area contributed by atoms with E-state index in [1.54, 1.807) is 83.6 Å². The van der Waals surface area contributed by atoms with Gasteiger partial charge in [-0.25, -0.2) is 9.97 Å². The first kappa shape index (κ1) is 48.1. The van der Waals surface area contributed by atoms with Gasteiger partial charge in [0.1, 0.15) is 48.6 Å². The molecule has 0 saturated carbocycles. The van der Waals surface area contributed by atoms with Gasteiger partial charge in [-0.3, -0.25) is 18.7 Å². The number of carboxylic acid groups (broad SMARTS) is 2. The molecule has 0 bridgehead atoms. The molecular formula is C46H50MgN4O10. The summed E-state index contributed by atoms with van der Waals surface area (Å²) >= 11 is 0. The number of fused-ring (bicyclic) bond motifs is 2. The number of aryl methyl sites for hydroxylation is 2. The largest absolute Gasteiger partial charge is 2.00 e. The van der Waals surface area contributed by atoms with Gasteiger partial charge in [0.05, 0.1) is 46.8 Å². The Hall–Kier alpha value is -5.61. The van der Waals surface area contributed by atoms with Crippen molar-refractivity contribution >= 4 is 56.8 Å². The van der Waals surface area contributed by atoms with Crippen LogP contribution in [0.15, 0.2) is 107 Å². The summed E-state index contributed by atoms with van der Waals surface area (Å²) in [6.45, 7) is 9.44. The van der Waals surface area contributed by atoms with E-state index < -0.39 is 24.1 Å². The molecule has 0 aliphatic heterocycles. The van der Waals surface area contributed by atoms with E-state index in [1.807, 2.05) is 50.2 Å². The van der Waals surface area contributed by atoms with E-state index in [4.69, 9.17) is 18.9 Å². The quantitative estimate of drug-likeness (QED) is 0.102. The molecule has 15 heteroatoms. The fraction of sp³-hybridized carbons (Fsp3) is 0.348. The molecule has 0 aliphatic rings. The predicted octanol–water partition coefficient (Wildman–Crippen LogP) is 3.09. The molecule has 0 radical (unpaired) electrons. The minimum atomic E-state index is -1.22. The maximum Gasteiger partial charge on any atom is 2.00 e. The Morgan fingerprint density at radius 3 is 1.26 bits per heavy atom. The van der Waals surface area contributed by atoms with Crippen LogP contribution < -0.4 is 30.8 Å². The van der Waals surface area contributed by atoms with E-state index in [9.17, 15) is 29.4 Å². The van der Waals surface area contributed by atoms with Crippen molar-refractivity contribution in [3.8, 4) is 11.5 Å². The molecular weight excluding hydrogens is 793 g/mol. The van der Waals surface area contributed by atoms with Gasteiger partial charge in [-0.05, 0) is 73.5 Å². The Bertz CT molecular complexity index is 2300. The number of nitrogens with zero attached hydrogens (tertiary/aromatic N) is 4. The van der Waals surface area contributed by atoms with E-state index in [0.29, 0.717) is 85.7 Å². The number of para-hydroxylation sites is 2. The van der Waals surface area contributed by atoms with Gasteiger partial charge < -0.3 is 38.7 Å². The first-order valence-electron chi connectivity index (χ1n) is 20.1. The van der Waals surface area contributed by atoms with E-state index in [-0.39, 0.29) is 47.0 Å². The Balaban J connectivity index is 0.000000264. The smallest absolute Gasteiger partial charge is 0.547 e. The molecule has 2 heterocycles. The number of carbonyl (C=O) groups is 2. The van der Waals surface area contributed by atoms with Crippen molar-refractivity contribution in [2.75, 3.05) is 26.4 Å². The van der Waals surface area contributed by atoms with Gasteiger partial charge >= 0.3 is 23.1 Å². The first-order chi connectivity index (χ1) is 29.1. The number of hydrogen-bond acceptors (Lipinski definition) is 12. The van der Waals surface area contributed by atoms with Crippen LogP contribution in [0.3, 0.4) is 0 Å². The van der Waals surface area contributed by atoms with Crippen LogP contribution in [0.4, 0.5) is 0 Å². The molecule has 0 spiro atoms. The van der Waals surface area contributed by atoms with Crippen molar-refractivity contribution in [3.05, 3.63) is 141 Å². The maximum atomic E-state index is 12.8. The molecule has 2 unspecified atom stereocenters. The van der Waals surface area contributed by atoms with Crippen molar-refractivity contribution in [2.45, 2.75) is 78.7 Å². The van der Waals surface area contributed by atoms with Gasteiger partial charge in [0, 0.05) is 38.9 Å². The maximum absolute atomic E-state index is 12.8. The molecule has 0 aliphatic carbocycles. The normalized spacial score (nSPS) is 11.9. The second-order valence-corrected chi connectivity index (χ2v) is 13.6. The predicted molar refractivity (Wildman–Crippen MR) is 229 cm³/mol. The summed E-state index contributed by atoms with van der Waals surface area (Å²) in [5.74, 6) is 0.278. The summed E-state index contributed by atoms with van der Waals surface area (Å²) in [4.78, 5) is 57.0. The summed E-state index contributed by atoms with van der Waals surface area (Å²) in [5, 5.41) is 23.4. The van der Waals surface area contributed by atoms with Crippen LogP contribution in [0, 0.1) is 0 Å². The molecule has 0 saturated heterocycles. The number of carboxylic acids is 2. The second-order valence-electron chi connectivity index (χ2n) is 13.6. The van der Waals surface area contributed by atoms with Gasteiger partial charge in [-0.15, -0.1) is 0 Å². The Morgan fingerprint density at radius 1 is 0.574 bits per heavy atom. The number of ether oxygens (including phenoxy) is 4. The molecule has 0 fully saturated rings. The zero-order valence-electron chi connectivity index (χ0n) is 35.0. The summed E-state index contributed by atoms with van der Waals surface area (Å²) in [7, 11) is 0. The average molecular weight is 843 g/mol. The fourth-order valence-electron chi connectivity index (χ4n) is 6.63. The minimum absolute atomic E-state index is 0. The fourth-order valence-corrected chi connectivity index (χ4v) is 6.63. The van der Waals surface area contributed by atoms with Gasteiger partial charge in [-0.2, -0.15) is 0 Å². The zero-order valence-corrected chi connectivity index (χ0v) is 36.5. The number of hydrogen-bond donors (Lipinski definition) is 0. The third kappa shape index (κ3) is 13.2. The van der Waals surface area contributed by atoms with Gasteiger partial charge in [0.2, 0.25) is 0 Å². The van der Waals surface area contributed by atoms with Crippen molar-refractivity contribution in [3.63, 3.8) is 0 Å². The average Bonchev–Trinajstić information content (AvgIpc) is 3.26. The number of rotatable bonds is 20. The molecule has 6 rings (SSSR count). The molecule has 2 atom stereocenters. The zero-order chi connectivity index (χ0) is 43.0. The second kappa shape index (κ2) is 24.0. The minimum Gasteiger partial charge on any atom is -0.547 e. The molecule has 4 aromatic carbocycles. The molecule has 316 valence electrons. The molecule has 2 aromatic heterocycles. The van der Waals surface area contributed by atoms with E-state index in [1.165, 1.54) is 0 Å². The third-order valence-electron chi connectivity index (χ3n) is 9.63. The number of aromatic nitrogens is 4. The Kier molecular flexibility index (Phi) is 18.9. The summed E-state index contributed by atoms with van der Waals surface area (Å²) in [6, 6.07) is 28.9. The topological polar surface area (TPSA) is 187 Å². The van der Waals surface area contributed by atoms with Crippen molar-refractivity contribution in [2.24, 2.45) is 0 Å². The van der Waals surface area contributed by atoms with Gasteiger partial charge in [-0.1, -0.05) is 62.4 Å². The third-order valence-corrected chi connectivity index (χ3v) is 9.63. The van der Waals surface area contributed by atoms with Crippen molar-refractivity contribution < 1.29 is 38.7 Å². The van der Waals surface area contributed by atoms with E-state index >= 15 is 0 Å². The number of carbonyl (C=O) groups excluding carboxylic acids is 2. The van der Waals surface area contributed by atoms with Gasteiger partial charge in [0.15, 0.2) is 0 Å². The number of aliphatic carboxylic acids is 2. The monoisotopic (exact) mass is 842 g/mol. The van der Waals surface area contributed by atoms with Gasteiger partial charge in [0.25, 0.3) is 11.1 Å². The Labute approximate surface area is 370 Å². The number of benzene rings is 4. The van der Waals surface area contributed by atoms with Crippen LogP contribution in [-0.4, -0.2) is 92.7 Å². The molecule has 14 nitrogen and oxygen atoms in total. The van der Waals surface area contributed by atoms with Crippen molar-refractivity contribution in [1.82, 2.24) is 19.1 Å². The van der Waals surface area contributed by atoms with E-state index in [0.717, 1.165) is 22.8 Å². The first-order valence-corrected chi connectivity index (χ1v) is 20.1. The molecule has 6 aromatic rings. The van der Waals surface area contributed by atoms with Crippen LogP contribution in [0.2, 0.25) is 0 Å². The van der Waals surface area contributed by atoms with E-state index in [2.05, 4.69) is 9.97 Å². The van der Waals surface area contributed by atoms with Crippen LogP contribution in [-0.2, 0) is 57.8 Å². The van der Waals surface area contributed by atoms with Crippen LogP contribution in [0.25, 0.3) is 21.8 Å². The molecule has 61 heavy (non-hydrogen) atoms. The van der Waals surface area contributed by atoms with Crippen LogP contribution in [0.1, 0.15) is 50.5 Å². The van der Waals surface area contributed by atoms with Crippen LogP contribution in [0.5, 0.6) is 11.5 Å². The summed E-state index contributed by atoms with van der Waals surface area (Å²) < 4.78 is 25.2. The summed E-state index contributed by atoms with van der Waals surface area (Å²) in [6.07, 6.45) is -0.186.